The molecule has 0 saturated carbocycles. The summed E-state index contributed by atoms with van der Waals surface area (Å²) in [6.45, 7) is 4.40. The summed E-state index contributed by atoms with van der Waals surface area (Å²) in [6, 6.07) is 14.4. The molecule has 0 aromatic heterocycles. The van der Waals surface area contributed by atoms with E-state index in [9.17, 15) is 14.4 Å². The Balaban J connectivity index is 2.13. The van der Waals surface area contributed by atoms with Crippen LogP contribution in [0.1, 0.15) is 46.2 Å². The molecule has 0 radical (unpaired) electrons. The first-order valence-corrected chi connectivity index (χ1v) is 9.35. The van der Waals surface area contributed by atoms with Crippen LogP contribution in [-0.2, 0) is 14.3 Å². The fraction of sp³-hybridized carbons (Fsp3) is 0.318. The first-order valence-electron chi connectivity index (χ1n) is 9.35. The first-order chi connectivity index (χ1) is 13.8. The van der Waals surface area contributed by atoms with Crippen LogP contribution in [0.15, 0.2) is 48.5 Å². The molecule has 2 aromatic rings. The molecule has 0 saturated heterocycles. The number of nitrogens with two attached hydrogens (primary N) is 1. The lowest BCUT2D eigenvalue weighted by Gasteiger charge is -2.19. The van der Waals surface area contributed by atoms with E-state index in [1.807, 2.05) is 35.6 Å². The number of benzene rings is 2. The van der Waals surface area contributed by atoms with E-state index in [1.54, 1.807) is 0 Å². The SMILES string of the molecule is COC(=O)c1cc(NC(=O)C[NH2+][C@H](c2ccccc2)C(C)C)cc(C(=O)OC)c1. The Morgan fingerprint density at radius 1 is 0.931 bits per heavy atom. The van der Waals surface area contributed by atoms with Crippen LogP contribution >= 0.6 is 0 Å². The molecule has 154 valence electrons. The summed E-state index contributed by atoms with van der Waals surface area (Å²) >= 11 is 0. The second kappa shape index (κ2) is 10.4. The minimum absolute atomic E-state index is 0.133. The molecule has 0 aliphatic rings. The topological polar surface area (TPSA) is 98.3 Å². The number of methoxy groups -OCH3 is 2. The second-order valence-corrected chi connectivity index (χ2v) is 6.95. The maximum Gasteiger partial charge on any atom is 0.337 e. The quantitative estimate of drug-likeness (QED) is 0.663. The monoisotopic (exact) mass is 399 g/mol. The molecule has 0 unspecified atom stereocenters. The van der Waals surface area contributed by atoms with E-state index < -0.39 is 11.9 Å². The highest BCUT2D eigenvalue weighted by molar-refractivity contribution is 5.99. The van der Waals surface area contributed by atoms with Gasteiger partial charge in [0, 0.05) is 17.2 Å². The zero-order valence-electron chi connectivity index (χ0n) is 17.1. The van der Waals surface area contributed by atoms with Crippen LogP contribution in [0.25, 0.3) is 0 Å². The molecule has 0 fully saturated rings. The molecule has 0 spiro atoms. The molecular weight excluding hydrogens is 372 g/mol. The number of carbonyl (C=O) groups is 3. The number of anilines is 1. The molecule has 2 rings (SSSR count). The minimum atomic E-state index is -0.609. The third kappa shape index (κ3) is 6.15. The summed E-state index contributed by atoms with van der Waals surface area (Å²) in [5.41, 5.74) is 1.78. The molecule has 3 N–H and O–H groups in total. The molecular formula is C22H27N2O5+. The molecule has 1 amide bonds. The number of amides is 1. The third-order valence-electron chi connectivity index (χ3n) is 4.52. The minimum Gasteiger partial charge on any atom is -0.465 e. The summed E-state index contributed by atoms with van der Waals surface area (Å²) < 4.78 is 9.42. The van der Waals surface area contributed by atoms with Gasteiger partial charge in [0.25, 0.3) is 5.91 Å². The molecule has 1 atom stereocenters. The largest absolute Gasteiger partial charge is 0.465 e. The van der Waals surface area contributed by atoms with E-state index in [4.69, 9.17) is 9.47 Å². The smallest absolute Gasteiger partial charge is 0.337 e. The maximum absolute atomic E-state index is 12.5. The van der Waals surface area contributed by atoms with Crippen molar-refractivity contribution < 1.29 is 29.2 Å². The van der Waals surface area contributed by atoms with Gasteiger partial charge in [0.15, 0.2) is 6.54 Å². The number of quaternary nitrogens is 1. The number of rotatable bonds is 8. The van der Waals surface area contributed by atoms with Gasteiger partial charge >= 0.3 is 11.9 Å². The molecule has 0 aliphatic heterocycles. The van der Waals surface area contributed by atoms with Crippen molar-refractivity contribution in [3.8, 4) is 0 Å². The van der Waals surface area contributed by atoms with Crippen molar-refractivity contribution in [3.05, 3.63) is 65.2 Å². The Morgan fingerprint density at radius 3 is 1.97 bits per heavy atom. The van der Waals surface area contributed by atoms with E-state index in [0.717, 1.165) is 5.56 Å². The molecule has 7 nitrogen and oxygen atoms in total. The van der Waals surface area contributed by atoms with Gasteiger partial charge in [-0.05, 0) is 18.2 Å². The first kappa shape index (κ1) is 22.1. The Kier molecular flexibility index (Phi) is 7.91. The zero-order valence-corrected chi connectivity index (χ0v) is 17.1. The predicted molar refractivity (Wildman–Crippen MR) is 109 cm³/mol. The highest BCUT2D eigenvalue weighted by Gasteiger charge is 2.21. The number of nitrogens with one attached hydrogen (secondary N) is 1. The number of ether oxygens (including phenoxy) is 2. The number of hydrogen-bond acceptors (Lipinski definition) is 5. The van der Waals surface area contributed by atoms with E-state index in [1.165, 1.54) is 32.4 Å². The lowest BCUT2D eigenvalue weighted by Crippen LogP contribution is -2.88. The molecule has 7 heteroatoms. The average Bonchev–Trinajstić information content (AvgIpc) is 2.72. The van der Waals surface area contributed by atoms with E-state index in [2.05, 4.69) is 19.2 Å². The summed E-state index contributed by atoms with van der Waals surface area (Å²) in [5, 5.41) is 4.71. The Labute approximate surface area is 170 Å². The maximum atomic E-state index is 12.5. The third-order valence-corrected chi connectivity index (χ3v) is 4.52. The van der Waals surface area contributed by atoms with Crippen molar-refractivity contribution in [2.24, 2.45) is 5.92 Å². The summed E-state index contributed by atoms with van der Waals surface area (Å²) in [7, 11) is 2.49. The van der Waals surface area contributed by atoms with Crippen LogP contribution in [0.3, 0.4) is 0 Å². The number of carbonyl (C=O) groups excluding carboxylic acids is 3. The fourth-order valence-electron chi connectivity index (χ4n) is 3.09. The van der Waals surface area contributed by atoms with Crippen molar-refractivity contribution >= 4 is 23.5 Å². The highest BCUT2D eigenvalue weighted by Crippen LogP contribution is 2.18. The lowest BCUT2D eigenvalue weighted by atomic mass is 9.96. The van der Waals surface area contributed by atoms with Gasteiger partial charge in [-0.2, -0.15) is 0 Å². The molecule has 29 heavy (non-hydrogen) atoms. The van der Waals surface area contributed by atoms with Crippen molar-refractivity contribution in [1.82, 2.24) is 0 Å². The Morgan fingerprint density at radius 2 is 1.48 bits per heavy atom. The van der Waals surface area contributed by atoms with Gasteiger partial charge in [0.2, 0.25) is 0 Å². The predicted octanol–water partition coefficient (Wildman–Crippen LogP) is 2.16. The molecule has 0 bridgehead atoms. The van der Waals surface area contributed by atoms with Crippen molar-refractivity contribution in [2.45, 2.75) is 19.9 Å². The lowest BCUT2D eigenvalue weighted by molar-refractivity contribution is -0.692. The second-order valence-electron chi connectivity index (χ2n) is 6.95. The number of hydrogen-bond donors (Lipinski definition) is 2. The van der Waals surface area contributed by atoms with Gasteiger partial charge in [-0.15, -0.1) is 0 Å². The van der Waals surface area contributed by atoms with Crippen molar-refractivity contribution in [1.29, 1.82) is 0 Å². The molecule has 0 heterocycles. The van der Waals surface area contributed by atoms with Crippen LogP contribution in [0.5, 0.6) is 0 Å². The van der Waals surface area contributed by atoms with Gasteiger partial charge in [-0.25, -0.2) is 9.59 Å². The van der Waals surface area contributed by atoms with Crippen LogP contribution in [-0.4, -0.2) is 38.6 Å². The van der Waals surface area contributed by atoms with Gasteiger partial charge in [-0.3, -0.25) is 4.79 Å². The van der Waals surface area contributed by atoms with E-state index in [-0.39, 0.29) is 29.6 Å². The van der Waals surface area contributed by atoms with Gasteiger partial charge in [0.1, 0.15) is 6.04 Å². The Hall–Kier alpha value is -3.19. The zero-order chi connectivity index (χ0) is 21.4. The summed E-state index contributed by atoms with van der Waals surface area (Å²) in [5.74, 6) is -1.13. The van der Waals surface area contributed by atoms with Crippen molar-refractivity contribution in [3.63, 3.8) is 0 Å². The van der Waals surface area contributed by atoms with Gasteiger partial charge < -0.3 is 20.1 Å². The van der Waals surface area contributed by atoms with Crippen LogP contribution in [0.4, 0.5) is 5.69 Å². The summed E-state index contributed by atoms with van der Waals surface area (Å²) in [4.78, 5) is 36.2. The van der Waals surface area contributed by atoms with Crippen molar-refractivity contribution in [2.75, 3.05) is 26.1 Å². The van der Waals surface area contributed by atoms with Crippen LogP contribution in [0, 0.1) is 5.92 Å². The van der Waals surface area contributed by atoms with E-state index in [0.29, 0.717) is 11.6 Å². The summed E-state index contributed by atoms with van der Waals surface area (Å²) in [6.07, 6.45) is 0. The fourth-order valence-corrected chi connectivity index (χ4v) is 3.09. The van der Waals surface area contributed by atoms with E-state index >= 15 is 0 Å². The van der Waals surface area contributed by atoms with Crippen LogP contribution < -0.4 is 10.6 Å². The normalized spacial score (nSPS) is 11.6. The standard InChI is InChI=1S/C22H26N2O5/c1-14(2)20(15-8-6-5-7-9-15)23-13-19(25)24-18-11-16(21(26)28-3)10-17(12-18)22(27)29-4/h5-12,14,20,23H,13H2,1-4H3,(H,24,25)/p+1/t20-/m0/s1. The Bertz CT molecular complexity index is 831. The average molecular weight is 399 g/mol. The molecule has 0 aliphatic carbocycles. The van der Waals surface area contributed by atoms with Crippen LogP contribution in [0.2, 0.25) is 0 Å². The highest BCUT2D eigenvalue weighted by atomic mass is 16.5. The molecule has 2 aromatic carbocycles. The number of esters is 2. The van der Waals surface area contributed by atoms with Gasteiger partial charge in [0.05, 0.1) is 25.3 Å². The van der Waals surface area contributed by atoms with Gasteiger partial charge in [-0.1, -0.05) is 44.2 Å².